The molecule has 0 radical (unpaired) electrons. The topological polar surface area (TPSA) is 51.7 Å². The number of pyridine rings is 1. The highest BCUT2D eigenvalue weighted by atomic mass is 35.5. The van der Waals surface area contributed by atoms with Crippen molar-refractivity contribution >= 4 is 40.1 Å². The molecule has 1 aliphatic rings. The van der Waals surface area contributed by atoms with Gasteiger partial charge in [-0.15, -0.1) is 0 Å². The molecule has 2 heterocycles. The first kappa shape index (κ1) is 20.0. The second kappa shape index (κ2) is 8.99. The molecule has 29 heavy (non-hydrogen) atoms. The standard InChI is InChI=1S/C22H20Cl2N2O3/c23-16-13-15-7-8-17(24)20(21(15)25-14-16)22(27)29-19-6-2-1-5-18(19)28-12-11-26-9-3-4-10-26/h1-2,5-8,13-14H,3-4,9-12H2. The number of esters is 1. The van der Waals surface area contributed by atoms with Gasteiger partial charge in [0.25, 0.3) is 0 Å². The third-order valence-corrected chi connectivity index (χ3v) is 5.41. The van der Waals surface area contributed by atoms with Crippen molar-refractivity contribution in [1.29, 1.82) is 0 Å². The fraction of sp³-hybridized carbons (Fsp3) is 0.273. The Kier molecular flexibility index (Phi) is 6.19. The molecule has 1 saturated heterocycles. The van der Waals surface area contributed by atoms with E-state index in [-0.39, 0.29) is 10.6 Å². The summed E-state index contributed by atoms with van der Waals surface area (Å²) in [6, 6.07) is 12.3. The number of ether oxygens (including phenoxy) is 2. The number of halogens is 2. The highest BCUT2D eigenvalue weighted by molar-refractivity contribution is 6.35. The van der Waals surface area contributed by atoms with Gasteiger partial charge in [0.2, 0.25) is 0 Å². The Hall–Kier alpha value is -2.34. The number of para-hydroxylation sites is 2. The van der Waals surface area contributed by atoms with Crippen molar-refractivity contribution < 1.29 is 14.3 Å². The Morgan fingerprint density at radius 1 is 1.07 bits per heavy atom. The lowest BCUT2D eigenvalue weighted by molar-refractivity contribution is 0.0729. The number of carbonyl (C=O) groups is 1. The Morgan fingerprint density at radius 3 is 2.62 bits per heavy atom. The Labute approximate surface area is 179 Å². The summed E-state index contributed by atoms with van der Waals surface area (Å²) in [5.41, 5.74) is 0.645. The first-order chi connectivity index (χ1) is 14.1. The van der Waals surface area contributed by atoms with Crippen molar-refractivity contribution in [3.63, 3.8) is 0 Å². The van der Waals surface area contributed by atoms with Crippen LogP contribution in [-0.4, -0.2) is 42.1 Å². The molecular weight excluding hydrogens is 411 g/mol. The molecule has 0 unspecified atom stereocenters. The van der Waals surface area contributed by atoms with Crippen molar-refractivity contribution in [3.8, 4) is 11.5 Å². The van der Waals surface area contributed by atoms with E-state index in [1.807, 2.05) is 6.07 Å². The van der Waals surface area contributed by atoms with Crippen molar-refractivity contribution in [1.82, 2.24) is 9.88 Å². The summed E-state index contributed by atoms with van der Waals surface area (Å²) < 4.78 is 11.5. The predicted molar refractivity (Wildman–Crippen MR) is 114 cm³/mol. The maximum Gasteiger partial charge on any atom is 0.347 e. The fourth-order valence-corrected chi connectivity index (χ4v) is 3.84. The lowest BCUT2D eigenvalue weighted by atomic mass is 10.1. The van der Waals surface area contributed by atoms with Gasteiger partial charge in [0, 0.05) is 18.1 Å². The van der Waals surface area contributed by atoms with Crippen molar-refractivity contribution in [3.05, 3.63) is 64.3 Å². The molecule has 0 amide bonds. The molecule has 0 spiro atoms. The Balaban J connectivity index is 1.53. The molecule has 0 bridgehead atoms. The van der Waals surface area contributed by atoms with E-state index in [1.54, 1.807) is 36.4 Å². The largest absolute Gasteiger partial charge is 0.488 e. The third-order valence-electron chi connectivity index (χ3n) is 4.89. The van der Waals surface area contributed by atoms with Crippen molar-refractivity contribution in [2.45, 2.75) is 12.8 Å². The van der Waals surface area contributed by atoms with Crippen LogP contribution in [-0.2, 0) is 0 Å². The van der Waals surface area contributed by atoms with Gasteiger partial charge in [-0.1, -0.05) is 41.4 Å². The van der Waals surface area contributed by atoms with Crippen LogP contribution in [0.5, 0.6) is 11.5 Å². The minimum absolute atomic E-state index is 0.202. The van der Waals surface area contributed by atoms with Gasteiger partial charge >= 0.3 is 5.97 Å². The van der Waals surface area contributed by atoms with Gasteiger partial charge in [-0.3, -0.25) is 9.88 Å². The highest BCUT2D eigenvalue weighted by Crippen LogP contribution is 2.31. The minimum Gasteiger partial charge on any atom is -0.488 e. The van der Waals surface area contributed by atoms with Crippen LogP contribution in [0.15, 0.2) is 48.7 Å². The van der Waals surface area contributed by atoms with Crippen LogP contribution < -0.4 is 9.47 Å². The zero-order valence-corrected chi connectivity index (χ0v) is 17.2. The molecule has 0 atom stereocenters. The van der Waals surface area contributed by atoms with Crippen molar-refractivity contribution in [2.75, 3.05) is 26.2 Å². The summed E-state index contributed by atoms with van der Waals surface area (Å²) in [5, 5.41) is 1.46. The molecule has 5 nitrogen and oxygen atoms in total. The van der Waals surface area contributed by atoms with Crippen LogP contribution in [0.1, 0.15) is 23.2 Å². The van der Waals surface area contributed by atoms with Crippen LogP contribution in [0.25, 0.3) is 10.9 Å². The zero-order chi connectivity index (χ0) is 20.2. The van der Waals surface area contributed by atoms with Gasteiger partial charge in [0.05, 0.1) is 15.6 Å². The van der Waals surface area contributed by atoms with E-state index in [1.165, 1.54) is 19.0 Å². The van der Waals surface area contributed by atoms with Gasteiger partial charge in [0.1, 0.15) is 12.2 Å². The minimum atomic E-state index is -0.592. The van der Waals surface area contributed by atoms with Crippen LogP contribution in [0.4, 0.5) is 0 Å². The van der Waals surface area contributed by atoms with Crippen molar-refractivity contribution in [2.24, 2.45) is 0 Å². The smallest absolute Gasteiger partial charge is 0.347 e. The SMILES string of the molecule is O=C(Oc1ccccc1OCCN1CCCC1)c1c(Cl)ccc2cc(Cl)cnc12. The Morgan fingerprint density at radius 2 is 1.83 bits per heavy atom. The van der Waals surface area contributed by atoms with E-state index in [0.717, 1.165) is 19.6 Å². The molecular formula is C22H20Cl2N2O3. The normalized spacial score (nSPS) is 14.3. The summed E-state index contributed by atoms with van der Waals surface area (Å²) >= 11 is 12.3. The molecule has 0 N–H and O–H groups in total. The van der Waals surface area contributed by atoms with Gasteiger partial charge in [-0.05, 0) is 50.2 Å². The molecule has 0 aliphatic carbocycles. The van der Waals surface area contributed by atoms with E-state index >= 15 is 0 Å². The summed E-state index contributed by atoms with van der Waals surface area (Å²) in [6.07, 6.45) is 3.95. The first-order valence-corrected chi connectivity index (χ1v) is 10.3. The van der Waals surface area contributed by atoms with Crippen LogP contribution in [0.3, 0.4) is 0 Å². The molecule has 1 fully saturated rings. The Bertz CT molecular complexity index is 1040. The average Bonchev–Trinajstić information content (AvgIpc) is 3.23. The molecule has 150 valence electrons. The first-order valence-electron chi connectivity index (χ1n) is 9.52. The predicted octanol–water partition coefficient (Wildman–Crippen LogP) is 5.24. The van der Waals surface area contributed by atoms with Gasteiger partial charge in [0.15, 0.2) is 11.5 Å². The molecule has 1 aliphatic heterocycles. The maximum atomic E-state index is 12.9. The van der Waals surface area contributed by atoms with E-state index in [4.69, 9.17) is 32.7 Å². The summed E-state index contributed by atoms with van der Waals surface area (Å²) in [7, 11) is 0. The maximum absolute atomic E-state index is 12.9. The number of rotatable bonds is 6. The highest BCUT2D eigenvalue weighted by Gasteiger charge is 2.20. The number of aromatic nitrogens is 1. The van der Waals surface area contributed by atoms with E-state index in [2.05, 4.69) is 9.88 Å². The van der Waals surface area contributed by atoms with E-state index in [0.29, 0.717) is 34.0 Å². The van der Waals surface area contributed by atoms with Gasteiger partial charge in [-0.2, -0.15) is 0 Å². The van der Waals surface area contributed by atoms with E-state index in [9.17, 15) is 4.79 Å². The number of likely N-dealkylation sites (tertiary alicyclic amines) is 1. The number of nitrogens with zero attached hydrogens (tertiary/aromatic N) is 2. The number of hydrogen-bond donors (Lipinski definition) is 0. The fourth-order valence-electron chi connectivity index (χ4n) is 3.44. The second-order valence-electron chi connectivity index (χ2n) is 6.88. The number of carbonyl (C=O) groups excluding carboxylic acids is 1. The zero-order valence-electron chi connectivity index (χ0n) is 15.7. The molecule has 0 saturated carbocycles. The quantitative estimate of drug-likeness (QED) is 0.395. The average molecular weight is 431 g/mol. The lowest BCUT2D eigenvalue weighted by Crippen LogP contribution is -2.25. The van der Waals surface area contributed by atoms with Crippen LogP contribution in [0, 0.1) is 0 Å². The molecule has 4 rings (SSSR count). The number of fused-ring (bicyclic) bond motifs is 1. The number of hydrogen-bond acceptors (Lipinski definition) is 5. The summed E-state index contributed by atoms with van der Waals surface area (Å²) in [5.74, 6) is 0.277. The lowest BCUT2D eigenvalue weighted by Gasteiger charge is -2.16. The molecule has 1 aromatic heterocycles. The summed E-state index contributed by atoms with van der Waals surface area (Å²) in [4.78, 5) is 19.6. The number of benzene rings is 2. The van der Waals surface area contributed by atoms with Gasteiger partial charge in [-0.25, -0.2) is 4.79 Å². The van der Waals surface area contributed by atoms with Gasteiger partial charge < -0.3 is 9.47 Å². The molecule has 2 aromatic carbocycles. The second-order valence-corrected chi connectivity index (χ2v) is 7.72. The van der Waals surface area contributed by atoms with Crippen LogP contribution >= 0.6 is 23.2 Å². The monoisotopic (exact) mass is 430 g/mol. The van der Waals surface area contributed by atoms with E-state index < -0.39 is 5.97 Å². The van der Waals surface area contributed by atoms with Crippen LogP contribution in [0.2, 0.25) is 10.0 Å². The molecule has 3 aromatic rings. The molecule has 7 heteroatoms. The summed E-state index contributed by atoms with van der Waals surface area (Å²) in [6.45, 7) is 3.60. The third kappa shape index (κ3) is 4.64.